The fraction of sp³-hybridized carbons (Fsp3) is 0.529. The number of fused-ring (bicyclic) bond motifs is 1. The summed E-state index contributed by atoms with van der Waals surface area (Å²) >= 11 is 17.1. The zero-order valence-electron chi connectivity index (χ0n) is 15.9. The van der Waals surface area contributed by atoms with E-state index in [-0.39, 0.29) is 0 Å². The second kappa shape index (κ2) is 8.74. The number of halogens is 3. The number of alkyl halides is 3. The Balaban J connectivity index is 2.20. The lowest BCUT2D eigenvalue weighted by Gasteiger charge is -2.20. The second-order valence-corrected chi connectivity index (χ2v) is 15.5. The van der Waals surface area contributed by atoms with Gasteiger partial charge in [-0.3, -0.25) is 5.41 Å². The van der Waals surface area contributed by atoms with Gasteiger partial charge in [0, 0.05) is 20.2 Å². The highest BCUT2D eigenvalue weighted by Gasteiger charge is 2.30. The van der Waals surface area contributed by atoms with Crippen molar-refractivity contribution in [1.29, 1.82) is 5.41 Å². The van der Waals surface area contributed by atoms with E-state index in [1.165, 1.54) is 0 Å². The molecule has 146 valence electrons. The van der Waals surface area contributed by atoms with Crippen LogP contribution in [0.2, 0.25) is 25.7 Å². The van der Waals surface area contributed by atoms with Gasteiger partial charge in [-0.15, -0.1) is 0 Å². The van der Waals surface area contributed by atoms with E-state index in [2.05, 4.69) is 24.6 Å². The van der Waals surface area contributed by atoms with Crippen LogP contribution in [-0.2, 0) is 16.2 Å². The molecule has 0 saturated carbocycles. The molecule has 1 heterocycles. The van der Waals surface area contributed by atoms with Crippen molar-refractivity contribution in [3.63, 3.8) is 0 Å². The molecule has 0 saturated heterocycles. The lowest BCUT2D eigenvalue weighted by Crippen LogP contribution is -2.23. The molecule has 1 N–H and O–H groups in total. The highest BCUT2D eigenvalue weighted by atomic mass is 35.6. The fourth-order valence-electron chi connectivity index (χ4n) is 2.47. The predicted molar refractivity (Wildman–Crippen MR) is 117 cm³/mol. The van der Waals surface area contributed by atoms with Gasteiger partial charge >= 0.3 is 0 Å². The van der Waals surface area contributed by atoms with Gasteiger partial charge in [0.1, 0.15) is 20.7 Å². The van der Waals surface area contributed by atoms with Gasteiger partial charge in [0.15, 0.2) is 0 Å². The molecule has 0 aliphatic heterocycles. The molecule has 0 fully saturated rings. The summed E-state index contributed by atoms with van der Waals surface area (Å²) in [5.41, 5.74) is 2.80. The molecule has 1 aromatic carbocycles. The summed E-state index contributed by atoms with van der Waals surface area (Å²) in [7, 11) is 4.92. The Morgan fingerprint density at radius 2 is 2.00 bits per heavy atom. The lowest BCUT2D eigenvalue weighted by atomic mass is 9.92. The molecule has 10 heteroatoms. The number of ether oxygens (including phenoxy) is 2. The summed E-state index contributed by atoms with van der Waals surface area (Å²) in [5, 5.41) is 7.76. The van der Waals surface area contributed by atoms with Crippen molar-refractivity contribution in [3.8, 4) is 0 Å². The molecular formula is C17H23BCl3N3O2Si. The van der Waals surface area contributed by atoms with Gasteiger partial charge in [0.2, 0.25) is 5.90 Å². The van der Waals surface area contributed by atoms with Crippen LogP contribution in [0.15, 0.2) is 18.5 Å². The third kappa shape index (κ3) is 6.39. The molecule has 0 aliphatic rings. The molecule has 27 heavy (non-hydrogen) atoms. The Labute approximate surface area is 177 Å². The van der Waals surface area contributed by atoms with Crippen LogP contribution < -0.4 is 5.46 Å². The minimum absolute atomic E-state index is 0.392. The molecule has 1 aromatic heterocycles. The van der Waals surface area contributed by atoms with Crippen LogP contribution in [-0.4, -0.2) is 41.8 Å². The quantitative estimate of drug-likeness (QED) is 0.223. The standard InChI is InChI=1S/C17H23BCl3N3O2Si/c1-11(26-16(22)17(19,20)21)13-7-12(18)8-14-15(13)23-9-24(14)10-25-5-6-27(2,3)4/h7-9,11,22H,5-6,10H2,1-4H3. The van der Waals surface area contributed by atoms with Crippen LogP contribution in [0.5, 0.6) is 0 Å². The Morgan fingerprint density at radius 1 is 1.33 bits per heavy atom. The summed E-state index contributed by atoms with van der Waals surface area (Å²) in [6.45, 7) is 9.79. The Bertz CT molecular complexity index is 818. The molecule has 2 rings (SSSR count). The van der Waals surface area contributed by atoms with Crippen LogP contribution in [0.1, 0.15) is 18.6 Å². The van der Waals surface area contributed by atoms with Gasteiger partial charge in [-0.2, -0.15) is 0 Å². The maximum absolute atomic E-state index is 7.76. The van der Waals surface area contributed by atoms with Gasteiger partial charge < -0.3 is 14.0 Å². The average Bonchev–Trinajstić information content (AvgIpc) is 2.91. The van der Waals surface area contributed by atoms with Crippen molar-refractivity contribution in [2.75, 3.05) is 6.61 Å². The minimum Gasteiger partial charge on any atom is -0.470 e. The van der Waals surface area contributed by atoms with E-state index >= 15 is 0 Å². The summed E-state index contributed by atoms with van der Waals surface area (Å²) in [5.74, 6) is -0.454. The van der Waals surface area contributed by atoms with Crippen LogP contribution in [0.4, 0.5) is 0 Å². The lowest BCUT2D eigenvalue weighted by molar-refractivity contribution is 0.0898. The number of benzene rings is 1. The highest BCUT2D eigenvalue weighted by Crippen LogP contribution is 2.32. The molecule has 0 amide bonds. The minimum atomic E-state index is -1.92. The van der Waals surface area contributed by atoms with Crippen molar-refractivity contribution in [2.24, 2.45) is 0 Å². The largest absolute Gasteiger partial charge is 0.470 e. The maximum atomic E-state index is 7.76. The molecule has 0 spiro atoms. The van der Waals surface area contributed by atoms with E-state index in [1.54, 1.807) is 19.3 Å². The predicted octanol–water partition coefficient (Wildman–Crippen LogP) is 4.57. The summed E-state index contributed by atoms with van der Waals surface area (Å²) < 4.78 is 11.3. The first-order chi connectivity index (χ1) is 12.4. The van der Waals surface area contributed by atoms with Crippen molar-refractivity contribution < 1.29 is 9.47 Å². The molecule has 1 unspecified atom stereocenters. The van der Waals surface area contributed by atoms with E-state index in [0.717, 1.165) is 11.6 Å². The molecular weight excluding hydrogens is 423 g/mol. The van der Waals surface area contributed by atoms with Crippen LogP contribution in [0, 0.1) is 5.41 Å². The van der Waals surface area contributed by atoms with Crippen molar-refractivity contribution >= 4 is 73.1 Å². The number of imidazole rings is 1. The van der Waals surface area contributed by atoms with Gasteiger partial charge in [-0.05, 0) is 19.0 Å². The summed E-state index contributed by atoms with van der Waals surface area (Å²) in [6.07, 6.45) is 1.14. The summed E-state index contributed by atoms with van der Waals surface area (Å²) in [6, 6.07) is 4.68. The van der Waals surface area contributed by atoms with Crippen molar-refractivity contribution in [3.05, 3.63) is 24.0 Å². The molecule has 1 atom stereocenters. The smallest absolute Gasteiger partial charge is 0.265 e. The first-order valence-corrected chi connectivity index (χ1v) is 13.4. The maximum Gasteiger partial charge on any atom is 0.265 e. The average molecular weight is 447 g/mol. The number of nitrogens with zero attached hydrogens (tertiary/aromatic N) is 2. The first-order valence-electron chi connectivity index (χ1n) is 8.53. The number of rotatable bonds is 7. The highest BCUT2D eigenvalue weighted by molar-refractivity contribution is 6.76. The normalized spacial score (nSPS) is 13.7. The van der Waals surface area contributed by atoms with Crippen molar-refractivity contribution in [2.45, 2.75) is 49.2 Å². The third-order valence-corrected chi connectivity index (χ3v) is 6.21. The van der Waals surface area contributed by atoms with Crippen molar-refractivity contribution in [1.82, 2.24) is 9.55 Å². The monoisotopic (exact) mass is 445 g/mol. The SMILES string of the molecule is [B]c1cc(C(C)OC(=N)C(Cl)(Cl)Cl)c2ncn(COCC[Si](C)(C)C)c2c1. The number of hydrogen-bond donors (Lipinski definition) is 1. The van der Waals surface area contributed by atoms with E-state index in [4.69, 9.17) is 57.5 Å². The Kier molecular flexibility index (Phi) is 7.30. The van der Waals surface area contributed by atoms with E-state index in [0.29, 0.717) is 29.9 Å². The zero-order valence-corrected chi connectivity index (χ0v) is 19.1. The number of hydrogen-bond acceptors (Lipinski definition) is 4. The van der Waals surface area contributed by atoms with Crippen LogP contribution in [0.25, 0.3) is 11.0 Å². The van der Waals surface area contributed by atoms with Gasteiger partial charge in [-0.25, -0.2) is 4.98 Å². The van der Waals surface area contributed by atoms with Crippen LogP contribution >= 0.6 is 34.8 Å². The number of aromatic nitrogens is 2. The van der Waals surface area contributed by atoms with E-state index in [9.17, 15) is 0 Å². The Morgan fingerprint density at radius 3 is 2.59 bits per heavy atom. The van der Waals surface area contributed by atoms with Gasteiger partial charge in [-0.1, -0.05) is 66.0 Å². The van der Waals surface area contributed by atoms with E-state index < -0.39 is 23.9 Å². The molecule has 0 aliphatic carbocycles. The third-order valence-electron chi connectivity index (χ3n) is 3.99. The number of nitrogens with one attached hydrogen (secondary N) is 1. The zero-order chi connectivity index (χ0) is 20.4. The van der Waals surface area contributed by atoms with E-state index in [1.807, 2.05) is 10.6 Å². The Hall–Kier alpha value is -0.728. The van der Waals surface area contributed by atoms with Gasteiger partial charge in [0.05, 0.1) is 17.4 Å². The fourth-order valence-corrected chi connectivity index (χ4v) is 3.36. The molecule has 0 bridgehead atoms. The molecule has 2 aromatic rings. The second-order valence-electron chi connectivity index (χ2n) is 7.63. The van der Waals surface area contributed by atoms with Gasteiger partial charge in [0.25, 0.3) is 3.79 Å². The summed E-state index contributed by atoms with van der Waals surface area (Å²) in [4.78, 5) is 4.46. The van der Waals surface area contributed by atoms with Crippen LogP contribution in [0.3, 0.4) is 0 Å². The molecule has 5 nitrogen and oxygen atoms in total. The first kappa shape index (κ1) is 22.6. The molecule has 2 radical (unpaired) electrons. The topological polar surface area (TPSA) is 60.1 Å².